The van der Waals surface area contributed by atoms with E-state index in [1.165, 1.54) is 0 Å². The second-order valence-corrected chi connectivity index (χ2v) is 7.40. The molecule has 2 aromatic carbocycles. The third-order valence-corrected chi connectivity index (χ3v) is 5.70. The predicted octanol–water partition coefficient (Wildman–Crippen LogP) is 3.46. The first kappa shape index (κ1) is 15.4. The van der Waals surface area contributed by atoms with Gasteiger partial charge in [0.05, 0.1) is 16.9 Å². The van der Waals surface area contributed by atoms with Gasteiger partial charge < -0.3 is 15.5 Å². The van der Waals surface area contributed by atoms with Crippen molar-refractivity contribution in [3.05, 3.63) is 59.7 Å². The maximum atomic E-state index is 11.2. The van der Waals surface area contributed by atoms with Crippen LogP contribution in [0.4, 0.5) is 11.4 Å². The summed E-state index contributed by atoms with van der Waals surface area (Å²) in [5.74, 6) is 0. The average Bonchev–Trinajstić information content (AvgIpc) is 2.89. The minimum Gasteiger partial charge on any atom is -0.383 e. The fraction of sp³-hybridized carbons (Fsp3) is 0.350. The first-order valence-electron chi connectivity index (χ1n) is 8.26. The van der Waals surface area contributed by atoms with E-state index in [0.717, 1.165) is 22.5 Å². The predicted molar refractivity (Wildman–Crippen MR) is 95.8 cm³/mol. The van der Waals surface area contributed by atoms with Crippen LogP contribution in [0.25, 0.3) is 0 Å². The molecule has 4 heteroatoms. The fourth-order valence-electron chi connectivity index (χ4n) is 3.89. The summed E-state index contributed by atoms with van der Waals surface area (Å²) >= 11 is 0. The molecule has 2 aliphatic heterocycles. The van der Waals surface area contributed by atoms with Gasteiger partial charge in [-0.2, -0.15) is 0 Å². The molecule has 0 saturated heterocycles. The molecule has 2 aromatic rings. The van der Waals surface area contributed by atoms with Crippen molar-refractivity contribution < 1.29 is 10.2 Å². The van der Waals surface area contributed by atoms with Gasteiger partial charge >= 0.3 is 0 Å². The van der Waals surface area contributed by atoms with Crippen LogP contribution in [0.3, 0.4) is 0 Å². The average molecular weight is 322 g/mol. The maximum Gasteiger partial charge on any atom is 0.127 e. The summed E-state index contributed by atoms with van der Waals surface area (Å²) < 4.78 is 0. The standard InChI is InChI=1S/C20H22N2O2/c1-18(20(3,24)14-9-5-7-11-16(14)22-18)12-17-19(2,23)13-8-4-6-10-15(13)21-17/h4-11,22-24H,12H2,1-3H3. The molecule has 0 aromatic heterocycles. The lowest BCUT2D eigenvalue weighted by Crippen LogP contribution is -2.51. The number of aliphatic hydroxyl groups is 2. The SMILES string of the molecule is CC1(O)C(CC2(C)Nc3ccccc3C2(C)O)=Nc2ccccc21. The summed E-state index contributed by atoms with van der Waals surface area (Å²) in [4.78, 5) is 4.66. The molecule has 0 aliphatic carbocycles. The monoisotopic (exact) mass is 322 g/mol. The Labute approximate surface area is 141 Å². The summed E-state index contributed by atoms with van der Waals surface area (Å²) in [5.41, 5.74) is 1.27. The van der Waals surface area contributed by atoms with E-state index < -0.39 is 16.7 Å². The van der Waals surface area contributed by atoms with Crippen molar-refractivity contribution >= 4 is 17.1 Å². The van der Waals surface area contributed by atoms with E-state index in [0.29, 0.717) is 12.1 Å². The number of fused-ring (bicyclic) bond motifs is 2. The molecule has 0 bridgehead atoms. The summed E-state index contributed by atoms with van der Waals surface area (Å²) in [5, 5.41) is 25.7. The number of anilines is 1. The molecule has 0 saturated carbocycles. The molecule has 3 atom stereocenters. The van der Waals surface area contributed by atoms with Gasteiger partial charge in [0.1, 0.15) is 11.2 Å². The summed E-state index contributed by atoms with van der Waals surface area (Å²) in [7, 11) is 0. The minimum absolute atomic E-state index is 0.441. The van der Waals surface area contributed by atoms with Gasteiger partial charge in [-0.25, -0.2) is 0 Å². The highest BCUT2D eigenvalue weighted by Crippen LogP contribution is 2.49. The van der Waals surface area contributed by atoms with Crippen LogP contribution >= 0.6 is 0 Å². The van der Waals surface area contributed by atoms with Gasteiger partial charge in [-0.05, 0) is 32.9 Å². The number of hydrogen-bond acceptors (Lipinski definition) is 4. The Hall–Kier alpha value is -2.17. The Bertz CT molecular complexity index is 854. The van der Waals surface area contributed by atoms with E-state index in [2.05, 4.69) is 10.3 Å². The second kappa shape index (κ2) is 4.68. The molecule has 3 N–H and O–H groups in total. The number of nitrogens with zero attached hydrogens (tertiary/aromatic N) is 1. The molecule has 0 radical (unpaired) electrons. The molecule has 0 fully saturated rings. The summed E-state index contributed by atoms with van der Waals surface area (Å²) in [6, 6.07) is 15.4. The number of aliphatic imine (C=N–C) groups is 1. The van der Waals surface area contributed by atoms with Gasteiger partial charge in [0.25, 0.3) is 0 Å². The summed E-state index contributed by atoms with van der Waals surface area (Å²) in [6.45, 7) is 5.58. The molecular weight excluding hydrogens is 300 g/mol. The molecular formula is C20H22N2O2. The zero-order valence-corrected chi connectivity index (χ0v) is 14.2. The van der Waals surface area contributed by atoms with Crippen LogP contribution in [0.5, 0.6) is 0 Å². The highest BCUT2D eigenvalue weighted by molar-refractivity contribution is 6.01. The quantitative estimate of drug-likeness (QED) is 0.793. The number of para-hydroxylation sites is 2. The summed E-state index contributed by atoms with van der Waals surface area (Å²) in [6.07, 6.45) is 0.441. The Morgan fingerprint density at radius 1 is 0.917 bits per heavy atom. The van der Waals surface area contributed by atoms with Crippen molar-refractivity contribution in [2.75, 3.05) is 5.32 Å². The number of benzene rings is 2. The Balaban J connectivity index is 1.73. The van der Waals surface area contributed by atoms with Crippen LogP contribution in [0.15, 0.2) is 53.5 Å². The van der Waals surface area contributed by atoms with Gasteiger partial charge in [0, 0.05) is 23.2 Å². The molecule has 4 nitrogen and oxygen atoms in total. The lowest BCUT2D eigenvalue weighted by molar-refractivity contribution is 0.00429. The molecule has 2 heterocycles. The Morgan fingerprint density at radius 3 is 2.21 bits per heavy atom. The van der Waals surface area contributed by atoms with E-state index in [-0.39, 0.29) is 0 Å². The molecule has 24 heavy (non-hydrogen) atoms. The van der Waals surface area contributed by atoms with Crippen LogP contribution in [-0.2, 0) is 11.2 Å². The van der Waals surface area contributed by atoms with Gasteiger partial charge in [-0.1, -0.05) is 36.4 Å². The fourth-order valence-corrected chi connectivity index (χ4v) is 3.89. The van der Waals surface area contributed by atoms with E-state index in [9.17, 15) is 10.2 Å². The van der Waals surface area contributed by atoms with Crippen molar-refractivity contribution in [3.63, 3.8) is 0 Å². The maximum absolute atomic E-state index is 11.2. The highest BCUT2D eigenvalue weighted by Gasteiger charge is 2.53. The van der Waals surface area contributed by atoms with Crippen molar-refractivity contribution in [2.45, 2.75) is 43.9 Å². The van der Waals surface area contributed by atoms with E-state index in [4.69, 9.17) is 0 Å². The van der Waals surface area contributed by atoms with Crippen molar-refractivity contribution in [3.8, 4) is 0 Å². The topological polar surface area (TPSA) is 64.8 Å². The zero-order valence-electron chi connectivity index (χ0n) is 14.2. The first-order chi connectivity index (χ1) is 11.3. The molecule has 2 aliphatic rings. The van der Waals surface area contributed by atoms with Gasteiger partial charge in [0.2, 0.25) is 0 Å². The van der Waals surface area contributed by atoms with Crippen LogP contribution in [0, 0.1) is 0 Å². The van der Waals surface area contributed by atoms with Crippen molar-refractivity contribution in [2.24, 2.45) is 4.99 Å². The first-order valence-corrected chi connectivity index (χ1v) is 8.26. The largest absolute Gasteiger partial charge is 0.383 e. The number of nitrogens with one attached hydrogen (secondary N) is 1. The number of rotatable bonds is 2. The van der Waals surface area contributed by atoms with E-state index >= 15 is 0 Å². The lowest BCUT2D eigenvalue weighted by Gasteiger charge is -2.39. The highest BCUT2D eigenvalue weighted by atomic mass is 16.3. The third-order valence-electron chi connectivity index (χ3n) is 5.70. The van der Waals surface area contributed by atoms with Crippen LogP contribution in [0.2, 0.25) is 0 Å². The van der Waals surface area contributed by atoms with E-state index in [1.807, 2.05) is 62.4 Å². The molecule has 3 unspecified atom stereocenters. The minimum atomic E-state index is -1.12. The van der Waals surface area contributed by atoms with E-state index in [1.54, 1.807) is 6.92 Å². The zero-order chi connectivity index (χ0) is 17.2. The van der Waals surface area contributed by atoms with Crippen LogP contribution < -0.4 is 5.32 Å². The lowest BCUT2D eigenvalue weighted by atomic mass is 9.75. The molecule has 4 rings (SSSR count). The number of hydrogen-bond donors (Lipinski definition) is 3. The van der Waals surface area contributed by atoms with Crippen molar-refractivity contribution in [1.29, 1.82) is 0 Å². The Kier molecular flexibility index (Phi) is 3.00. The molecule has 0 spiro atoms. The molecule has 0 amide bonds. The van der Waals surface area contributed by atoms with Gasteiger partial charge in [0.15, 0.2) is 0 Å². The third kappa shape index (κ3) is 1.90. The second-order valence-electron chi connectivity index (χ2n) is 7.40. The van der Waals surface area contributed by atoms with Crippen LogP contribution in [-0.4, -0.2) is 21.5 Å². The van der Waals surface area contributed by atoms with Crippen molar-refractivity contribution in [1.82, 2.24) is 0 Å². The Morgan fingerprint density at radius 2 is 1.54 bits per heavy atom. The van der Waals surface area contributed by atoms with Crippen LogP contribution in [0.1, 0.15) is 38.3 Å². The normalized spacial score (nSPS) is 33.6. The molecule has 124 valence electrons. The van der Waals surface area contributed by atoms with Gasteiger partial charge in [-0.3, -0.25) is 4.99 Å². The van der Waals surface area contributed by atoms with Gasteiger partial charge in [-0.15, -0.1) is 0 Å². The smallest absolute Gasteiger partial charge is 0.127 e.